The maximum absolute atomic E-state index is 11.8. The molecule has 1 N–H and O–H groups in total. The first-order valence-corrected chi connectivity index (χ1v) is 7.83. The molecule has 0 aliphatic heterocycles. The summed E-state index contributed by atoms with van der Waals surface area (Å²) < 4.78 is 1.97. The summed E-state index contributed by atoms with van der Waals surface area (Å²) in [5, 5.41) is 14.3. The van der Waals surface area contributed by atoms with E-state index in [2.05, 4.69) is 31.9 Å². The third kappa shape index (κ3) is 2.74. The van der Waals surface area contributed by atoms with Gasteiger partial charge in [-0.25, -0.2) is 0 Å². The fraction of sp³-hybridized carbons (Fsp3) is 0.750. The molecule has 1 saturated carbocycles. The van der Waals surface area contributed by atoms with Gasteiger partial charge in [-0.05, 0) is 44.6 Å². The second-order valence-corrected chi connectivity index (χ2v) is 6.08. The van der Waals surface area contributed by atoms with E-state index in [1.54, 1.807) is 0 Å². The third-order valence-corrected chi connectivity index (χ3v) is 4.84. The smallest absolute Gasteiger partial charge is 0.310 e. The Balaban J connectivity index is 2.25. The van der Waals surface area contributed by atoms with Crippen molar-refractivity contribution in [3.05, 3.63) is 17.5 Å². The number of nitrogens with zero attached hydrogens (tertiary/aromatic N) is 2. The fourth-order valence-corrected chi connectivity index (χ4v) is 3.47. The molecule has 1 aliphatic carbocycles. The van der Waals surface area contributed by atoms with Crippen molar-refractivity contribution in [1.29, 1.82) is 0 Å². The summed E-state index contributed by atoms with van der Waals surface area (Å²) in [4.78, 5) is 11.8. The normalized spacial score (nSPS) is 26.1. The van der Waals surface area contributed by atoms with Crippen LogP contribution in [0.25, 0.3) is 0 Å². The number of rotatable bonds is 6. The van der Waals surface area contributed by atoms with Gasteiger partial charge in [-0.1, -0.05) is 20.3 Å². The molecule has 0 radical (unpaired) electrons. The number of hydrogen-bond acceptors (Lipinski definition) is 2. The number of carbonyl (C=O) groups is 1. The molecule has 1 aromatic rings. The predicted octanol–water partition coefficient (Wildman–Crippen LogP) is 3.29. The van der Waals surface area contributed by atoms with E-state index >= 15 is 0 Å². The van der Waals surface area contributed by atoms with Crippen molar-refractivity contribution in [2.75, 3.05) is 0 Å². The van der Waals surface area contributed by atoms with Crippen molar-refractivity contribution in [2.45, 2.75) is 65.8 Å². The zero-order chi connectivity index (χ0) is 14.8. The molecule has 0 amide bonds. The molecule has 4 heteroatoms. The van der Waals surface area contributed by atoms with Gasteiger partial charge in [-0.15, -0.1) is 0 Å². The molecule has 0 bridgehead atoms. The van der Waals surface area contributed by atoms with E-state index in [0.29, 0.717) is 12.3 Å². The number of carboxylic acid groups (broad SMARTS) is 1. The lowest BCUT2D eigenvalue weighted by Gasteiger charge is -2.24. The number of carboxylic acids is 1. The summed E-state index contributed by atoms with van der Waals surface area (Å²) in [6.45, 7) is 7.12. The summed E-state index contributed by atoms with van der Waals surface area (Å²) in [6, 6.07) is 2.09. The maximum atomic E-state index is 11.8. The lowest BCUT2D eigenvalue weighted by molar-refractivity contribution is -0.148. The Morgan fingerprint density at radius 1 is 1.50 bits per heavy atom. The van der Waals surface area contributed by atoms with Gasteiger partial charge in [-0.2, -0.15) is 5.10 Å². The van der Waals surface area contributed by atoms with Gasteiger partial charge < -0.3 is 5.11 Å². The minimum Gasteiger partial charge on any atom is -0.481 e. The molecule has 1 aliphatic rings. The van der Waals surface area contributed by atoms with E-state index in [-0.39, 0.29) is 0 Å². The first kappa shape index (κ1) is 15.1. The van der Waals surface area contributed by atoms with Gasteiger partial charge >= 0.3 is 5.97 Å². The third-order valence-electron chi connectivity index (χ3n) is 4.84. The van der Waals surface area contributed by atoms with Gasteiger partial charge in [0.05, 0.1) is 11.1 Å². The van der Waals surface area contributed by atoms with Crippen LogP contribution in [0.5, 0.6) is 0 Å². The Bertz CT molecular complexity index is 481. The zero-order valence-electron chi connectivity index (χ0n) is 12.9. The highest BCUT2D eigenvalue weighted by molar-refractivity contribution is 5.75. The van der Waals surface area contributed by atoms with Crippen molar-refractivity contribution in [3.8, 4) is 0 Å². The van der Waals surface area contributed by atoms with Crippen LogP contribution in [0.4, 0.5) is 0 Å². The van der Waals surface area contributed by atoms with E-state index in [4.69, 9.17) is 0 Å². The van der Waals surface area contributed by atoms with Gasteiger partial charge in [0, 0.05) is 18.7 Å². The molecule has 112 valence electrons. The van der Waals surface area contributed by atoms with Crippen molar-refractivity contribution in [1.82, 2.24) is 9.78 Å². The number of aliphatic carboxylic acids is 1. The first-order chi connectivity index (χ1) is 9.54. The zero-order valence-corrected chi connectivity index (χ0v) is 12.9. The van der Waals surface area contributed by atoms with Crippen LogP contribution in [0.2, 0.25) is 0 Å². The second kappa shape index (κ2) is 5.98. The highest BCUT2D eigenvalue weighted by Crippen LogP contribution is 2.45. The van der Waals surface area contributed by atoms with Crippen LogP contribution >= 0.6 is 0 Å². The summed E-state index contributed by atoms with van der Waals surface area (Å²) in [5.41, 5.74) is 1.58. The summed E-state index contributed by atoms with van der Waals surface area (Å²) in [7, 11) is 0. The Labute approximate surface area is 121 Å². The Morgan fingerprint density at radius 3 is 2.75 bits per heavy atom. The standard InChI is InChI=1S/C16H26N2O2/c1-4-12-7-8-16(10-12,15(19)20)11-14-9-13(5-2)17-18(14)6-3/h9,12H,4-8,10-11H2,1-3H3,(H,19,20). The molecule has 1 fully saturated rings. The monoisotopic (exact) mass is 278 g/mol. The van der Waals surface area contributed by atoms with Crippen LogP contribution in [-0.4, -0.2) is 20.9 Å². The van der Waals surface area contributed by atoms with Crippen LogP contribution in [0.15, 0.2) is 6.07 Å². The number of hydrogen-bond donors (Lipinski definition) is 1. The van der Waals surface area contributed by atoms with Gasteiger partial charge in [0.15, 0.2) is 0 Å². The van der Waals surface area contributed by atoms with E-state index in [1.165, 1.54) is 0 Å². The minimum atomic E-state index is -0.629. The van der Waals surface area contributed by atoms with Crippen molar-refractivity contribution in [3.63, 3.8) is 0 Å². The molecule has 0 aromatic carbocycles. The highest BCUT2D eigenvalue weighted by atomic mass is 16.4. The average Bonchev–Trinajstić information content (AvgIpc) is 3.03. The van der Waals surface area contributed by atoms with Crippen molar-refractivity contribution < 1.29 is 9.90 Å². The summed E-state index contributed by atoms with van der Waals surface area (Å²) >= 11 is 0. The quantitative estimate of drug-likeness (QED) is 0.868. The molecule has 2 rings (SSSR count). The van der Waals surface area contributed by atoms with Gasteiger partial charge in [0.2, 0.25) is 0 Å². The lowest BCUT2D eigenvalue weighted by Crippen LogP contribution is -2.31. The predicted molar refractivity (Wildman–Crippen MR) is 78.7 cm³/mol. The molecule has 0 saturated heterocycles. The van der Waals surface area contributed by atoms with E-state index in [9.17, 15) is 9.90 Å². The van der Waals surface area contributed by atoms with Crippen LogP contribution < -0.4 is 0 Å². The molecule has 2 atom stereocenters. The molecule has 4 nitrogen and oxygen atoms in total. The van der Waals surface area contributed by atoms with E-state index in [1.807, 2.05) is 4.68 Å². The summed E-state index contributed by atoms with van der Waals surface area (Å²) in [6.07, 6.45) is 5.27. The molecule has 1 aromatic heterocycles. The number of aryl methyl sites for hydroxylation is 2. The van der Waals surface area contributed by atoms with Crippen molar-refractivity contribution in [2.24, 2.45) is 11.3 Å². The molecular weight excluding hydrogens is 252 g/mol. The lowest BCUT2D eigenvalue weighted by atomic mass is 9.80. The van der Waals surface area contributed by atoms with Crippen LogP contribution in [0.1, 0.15) is 57.8 Å². The van der Waals surface area contributed by atoms with Crippen molar-refractivity contribution >= 4 is 5.97 Å². The van der Waals surface area contributed by atoms with Gasteiger partial charge in [0.25, 0.3) is 0 Å². The van der Waals surface area contributed by atoms with E-state index in [0.717, 1.165) is 50.0 Å². The van der Waals surface area contributed by atoms with Crippen LogP contribution in [-0.2, 0) is 24.2 Å². The molecule has 20 heavy (non-hydrogen) atoms. The second-order valence-electron chi connectivity index (χ2n) is 6.08. The Hall–Kier alpha value is -1.32. The molecule has 1 heterocycles. The Kier molecular flexibility index (Phi) is 4.51. The Morgan fingerprint density at radius 2 is 2.25 bits per heavy atom. The first-order valence-electron chi connectivity index (χ1n) is 7.83. The van der Waals surface area contributed by atoms with Gasteiger partial charge in [0.1, 0.15) is 0 Å². The van der Waals surface area contributed by atoms with E-state index < -0.39 is 11.4 Å². The van der Waals surface area contributed by atoms with Crippen LogP contribution in [0, 0.1) is 11.3 Å². The maximum Gasteiger partial charge on any atom is 0.310 e. The minimum absolute atomic E-state index is 0.565. The van der Waals surface area contributed by atoms with Gasteiger partial charge in [-0.3, -0.25) is 9.48 Å². The average molecular weight is 278 g/mol. The molecule has 0 spiro atoms. The topological polar surface area (TPSA) is 55.1 Å². The number of aromatic nitrogens is 2. The fourth-order valence-electron chi connectivity index (χ4n) is 3.47. The SMILES string of the molecule is CCc1cc(CC2(C(=O)O)CCC(CC)C2)n(CC)n1. The largest absolute Gasteiger partial charge is 0.481 e. The highest BCUT2D eigenvalue weighted by Gasteiger charge is 2.45. The molecule has 2 unspecified atom stereocenters. The van der Waals surface area contributed by atoms with Crippen LogP contribution in [0.3, 0.4) is 0 Å². The molecular formula is C16H26N2O2. The summed E-state index contributed by atoms with van der Waals surface area (Å²) in [5.74, 6) is -0.0647.